The zero-order valence-electron chi connectivity index (χ0n) is 11.5. The molecular weight excluding hydrogens is 242 g/mol. The maximum atomic E-state index is 11.6. The van der Waals surface area contributed by atoms with Gasteiger partial charge in [0.25, 0.3) is 0 Å². The highest BCUT2D eigenvalue weighted by atomic mass is 16.4. The molecule has 19 heavy (non-hydrogen) atoms. The van der Waals surface area contributed by atoms with E-state index in [2.05, 4.69) is 0 Å². The van der Waals surface area contributed by atoms with Gasteiger partial charge in [-0.15, -0.1) is 0 Å². The fourth-order valence-corrected chi connectivity index (χ4v) is 2.75. The van der Waals surface area contributed by atoms with Crippen molar-refractivity contribution in [3.63, 3.8) is 0 Å². The Kier molecular flexibility index (Phi) is 3.60. The van der Waals surface area contributed by atoms with E-state index < -0.39 is 12.0 Å². The van der Waals surface area contributed by atoms with Crippen molar-refractivity contribution in [2.24, 2.45) is 0 Å². The third kappa shape index (κ3) is 2.62. The van der Waals surface area contributed by atoms with Crippen molar-refractivity contribution in [2.45, 2.75) is 45.7 Å². The lowest BCUT2D eigenvalue weighted by atomic mass is 9.93. The molecule has 1 N–H and O–H groups in total. The molecule has 0 saturated heterocycles. The second-order valence-electron chi connectivity index (χ2n) is 5.34. The standard InChI is InChI=1S/C15H19NO3/c1-9-6-10(2)13(11(3)7-9)14(15(18)19)16(8-17)12-4-5-12/h6-8,12,14H,4-5H2,1-3H3,(H,18,19). The van der Waals surface area contributed by atoms with Crippen molar-refractivity contribution < 1.29 is 14.7 Å². The van der Waals surface area contributed by atoms with Crippen LogP contribution >= 0.6 is 0 Å². The molecule has 0 aliphatic heterocycles. The molecule has 4 heteroatoms. The Morgan fingerprint density at radius 3 is 2.21 bits per heavy atom. The van der Waals surface area contributed by atoms with Crippen LogP contribution in [0.2, 0.25) is 0 Å². The van der Waals surface area contributed by atoms with Crippen LogP contribution in [0.1, 0.15) is 41.1 Å². The summed E-state index contributed by atoms with van der Waals surface area (Å²) in [5.74, 6) is -0.964. The summed E-state index contributed by atoms with van der Waals surface area (Å²) < 4.78 is 0. The van der Waals surface area contributed by atoms with Gasteiger partial charge in [-0.1, -0.05) is 17.7 Å². The van der Waals surface area contributed by atoms with Gasteiger partial charge in [0.2, 0.25) is 6.41 Å². The van der Waals surface area contributed by atoms with Crippen molar-refractivity contribution in [3.8, 4) is 0 Å². The lowest BCUT2D eigenvalue weighted by Gasteiger charge is -2.28. The van der Waals surface area contributed by atoms with Gasteiger partial charge in [-0.2, -0.15) is 0 Å². The van der Waals surface area contributed by atoms with E-state index in [1.807, 2.05) is 32.9 Å². The number of benzene rings is 1. The van der Waals surface area contributed by atoms with Gasteiger partial charge in [-0.3, -0.25) is 4.79 Å². The Bertz CT molecular complexity index is 497. The van der Waals surface area contributed by atoms with E-state index in [0.29, 0.717) is 6.41 Å². The Morgan fingerprint density at radius 2 is 1.84 bits per heavy atom. The smallest absolute Gasteiger partial charge is 0.331 e. The van der Waals surface area contributed by atoms with Gasteiger partial charge < -0.3 is 10.0 Å². The number of carboxylic acids is 1. The Labute approximate surface area is 113 Å². The number of hydrogen-bond donors (Lipinski definition) is 1. The molecule has 1 aliphatic rings. The molecule has 0 radical (unpaired) electrons. The first-order chi connectivity index (χ1) is 8.95. The van der Waals surface area contributed by atoms with Gasteiger partial charge in [0.1, 0.15) is 0 Å². The second kappa shape index (κ2) is 5.03. The lowest BCUT2D eigenvalue weighted by Crippen LogP contribution is -2.35. The number of rotatable bonds is 5. The van der Waals surface area contributed by atoms with Gasteiger partial charge in [0, 0.05) is 6.04 Å². The number of aliphatic carboxylic acids is 1. The Hall–Kier alpha value is -1.84. The van der Waals surface area contributed by atoms with E-state index in [4.69, 9.17) is 0 Å². The van der Waals surface area contributed by atoms with Crippen LogP contribution in [0.25, 0.3) is 0 Å². The monoisotopic (exact) mass is 261 g/mol. The normalized spacial score (nSPS) is 15.9. The van der Waals surface area contributed by atoms with Gasteiger partial charge in [0.05, 0.1) is 0 Å². The highest BCUT2D eigenvalue weighted by Crippen LogP contribution is 2.36. The summed E-state index contributed by atoms with van der Waals surface area (Å²) in [5, 5.41) is 9.52. The van der Waals surface area contributed by atoms with Crippen LogP contribution in [-0.2, 0) is 9.59 Å². The largest absolute Gasteiger partial charge is 0.479 e. The molecule has 1 saturated carbocycles. The van der Waals surface area contributed by atoms with Crippen LogP contribution in [0.4, 0.5) is 0 Å². The van der Waals surface area contributed by atoms with Crippen molar-refractivity contribution in [2.75, 3.05) is 0 Å². The van der Waals surface area contributed by atoms with Crippen molar-refractivity contribution in [1.82, 2.24) is 4.90 Å². The van der Waals surface area contributed by atoms with Gasteiger partial charge in [-0.25, -0.2) is 4.79 Å². The number of carbonyl (C=O) groups is 2. The lowest BCUT2D eigenvalue weighted by molar-refractivity contribution is -0.147. The van der Waals surface area contributed by atoms with Gasteiger partial charge in [0.15, 0.2) is 6.04 Å². The molecule has 0 heterocycles. The van der Waals surface area contributed by atoms with E-state index >= 15 is 0 Å². The van der Waals surface area contributed by atoms with Gasteiger partial charge >= 0.3 is 5.97 Å². The fraction of sp³-hybridized carbons (Fsp3) is 0.467. The summed E-state index contributed by atoms with van der Waals surface area (Å²) in [4.78, 5) is 24.3. The van der Waals surface area contributed by atoms with Crippen LogP contribution in [0, 0.1) is 20.8 Å². The van der Waals surface area contributed by atoms with Crippen LogP contribution in [0.5, 0.6) is 0 Å². The maximum Gasteiger partial charge on any atom is 0.331 e. The molecule has 1 unspecified atom stereocenters. The third-order valence-electron chi connectivity index (χ3n) is 3.63. The number of carbonyl (C=O) groups excluding carboxylic acids is 1. The second-order valence-corrected chi connectivity index (χ2v) is 5.34. The molecule has 1 atom stereocenters. The van der Waals surface area contributed by atoms with Crippen LogP contribution in [0.15, 0.2) is 12.1 Å². The zero-order chi connectivity index (χ0) is 14.2. The molecule has 1 amide bonds. The average molecular weight is 261 g/mol. The SMILES string of the molecule is Cc1cc(C)c(C(C(=O)O)N(C=O)C2CC2)c(C)c1. The predicted octanol–water partition coefficient (Wildman–Crippen LogP) is 2.36. The molecule has 1 fully saturated rings. The zero-order valence-corrected chi connectivity index (χ0v) is 11.5. The number of hydrogen-bond acceptors (Lipinski definition) is 2. The van der Waals surface area contributed by atoms with E-state index in [-0.39, 0.29) is 6.04 Å². The fourth-order valence-electron chi connectivity index (χ4n) is 2.75. The molecule has 0 bridgehead atoms. The highest BCUT2D eigenvalue weighted by Gasteiger charge is 2.38. The molecule has 0 spiro atoms. The van der Waals surface area contributed by atoms with Gasteiger partial charge in [-0.05, 0) is 50.3 Å². The Balaban J connectivity index is 2.50. The molecular formula is C15H19NO3. The minimum atomic E-state index is -0.964. The molecule has 102 valence electrons. The highest BCUT2D eigenvalue weighted by molar-refractivity contribution is 5.79. The Morgan fingerprint density at radius 1 is 1.32 bits per heavy atom. The first-order valence-corrected chi connectivity index (χ1v) is 6.49. The number of nitrogens with zero attached hydrogens (tertiary/aromatic N) is 1. The van der Waals surface area contributed by atoms with Crippen LogP contribution in [-0.4, -0.2) is 28.4 Å². The van der Waals surface area contributed by atoms with E-state index in [0.717, 1.165) is 35.1 Å². The van der Waals surface area contributed by atoms with E-state index in [1.165, 1.54) is 4.90 Å². The molecule has 1 aromatic carbocycles. The molecule has 1 aromatic rings. The van der Waals surface area contributed by atoms with E-state index in [9.17, 15) is 14.7 Å². The summed E-state index contributed by atoms with van der Waals surface area (Å²) in [6.45, 7) is 5.79. The number of amides is 1. The van der Waals surface area contributed by atoms with Crippen molar-refractivity contribution in [3.05, 3.63) is 34.4 Å². The molecule has 4 nitrogen and oxygen atoms in total. The van der Waals surface area contributed by atoms with Crippen LogP contribution < -0.4 is 0 Å². The van der Waals surface area contributed by atoms with Crippen molar-refractivity contribution in [1.29, 1.82) is 0 Å². The molecule has 2 rings (SSSR count). The summed E-state index contributed by atoms with van der Waals surface area (Å²) >= 11 is 0. The third-order valence-corrected chi connectivity index (χ3v) is 3.63. The minimum absolute atomic E-state index is 0.0821. The van der Waals surface area contributed by atoms with Crippen LogP contribution in [0.3, 0.4) is 0 Å². The molecule has 0 aromatic heterocycles. The quantitative estimate of drug-likeness (QED) is 0.828. The van der Waals surface area contributed by atoms with E-state index in [1.54, 1.807) is 0 Å². The number of aryl methyl sites for hydroxylation is 3. The van der Waals surface area contributed by atoms with Crippen molar-refractivity contribution >= 4 is 12.4 Å². The number of carboxylic acid groups (broad SMARTS) is 1. The average Bonchev–Trinajstić information content (AvgIpc) is 3.10. The predicted molar refractivity (Wildman–Crippen MR) is 72.0 cm³/mol. The summed E-state index contributed by atoms with van der Waals surface area (Å²) in [6, 6.07) is 3.15. The molecule has 1 aliphatic carbocycles. The maximum absolute atomic E-state index is 11.6. The topological polar surface area (TPSA) is 57.6 Å². The summed E-state index contributed by atoms with van der Waals surface area (Å²) in [6.07, 6.45) is 2.47. The first kappa shape index (κ1) is 13.6. The first-order valence-electron chi connectivity index (χ1n) is 6.49. The summed E-state index contributed by atoms with van der Waals surface area (Å²) in [7, 11) is 0. The summed E-state index contributed by atoms with van der Waals surface area (Å²) in [5.41, 5.74) is 3.71. The minimum Gasteiger partial charge on any atom is -0.479 e.